The van der Waals surface area contributed by atoms with E-state index in [0.717, 1.165) is 24.7 Å². The van der Waals surface area contributed by atoms with E-state index in [1.807, 2.05) is 23.1 Å². The van der Waals surface area contributed by atoms with E-state index in [1.165, 1.54) is 6.07 Å². The number of aromatic nitrogens is 2. The Bertz CT molecular complexity index is 772. The van der Waals surface area contributed by atoms with E-state index in [4.69, 9.17) is 9.47 Å². The topological polar surface area (TPSA) is 64.6 Å². The predicted molar refractivity (Wildman–Crippen MR) is 95.2 cm³/mol. The molecule has 0 saturated carbocycles. The van der Waals surface area contributed by atoms with Gasteiger partial charge in [0.05, 0.1) is 31.0 Å². The molecule has 2 aromatic rings. The van der Waals surface area contributed by atoms with Crippen LogP contribution in [0.5, 0.6) is 0 Å². The first-order chi connectivity index (χ1) is 13.2. The Kier molecular flexibility index (Phi) is 5.40. The molecule has 4 rings (SSSR count). The number of pyridine rings is 2. The number of hydrogen-bond donors (Lipinski definition) is 0. The molecule has 1 amide bonds. The largest absolute Gasteiger partial charge is 0.373 e. The van der Waals surface area contributed by atoms with Gasteiger partial charge < -0.3 is 14.4 Å². The first-order valence-corrected chi connectivity index (χ1v) is 9.24. The zero-order valence-electron chi connectivity index (χ0n) is 15.0. The van der Waals surface area contributed by atoms with Crippen LogP contribution in [0.15, 0.2) is 42.7 Å². The second-order valence-electron chi connectivity index (χ2n) is 6.91. The number of amides is 1. The van der Waals surface area contributed by atoms with Gasteiger partial charge in [0.2, 0.25) is 5.91 Å². The lowest BCUT2D eigenvalue weighted by atomic mass is 10.0. The third kappa shape index (κ3) is 4.14. The molecule has 0 bridgehead atoms. The number of hydrogen-bond acceptors (Lipinski definition) is 5. The summed E-state index contributed by atoms with van der Waals surface area (Å²) >= 11 is 0. The molecule has 0 N–H and O–H groups in total. The quantitative estimate of drug-likeness (QED) is 0.806. The van der Waals surface area contributed by atoms with Crippen LogP contribution < -0.4 is 0 Å². The van der Waals surface area contributed by atoms with Gasteiger partial charge in [0.25, 0.3) is 0 Å². The minimum Gasteiger partial charge on any atom is -0.373 e. The molecule has 27 heavy (non-hydrogen) atoms. The van der Waals surface area contributed by atoms with Crippen molar-refractivity contribution >= 4 is 5.91 Å². The Balaban J connectivity index is 1.42. The molecule has 142 valence electrons. The normalized spacial score (nSPS) is 24.6. The molecule has 2 saturated heterocycles. The fourth-order valence-electron chi connectivity index (χ4n) is 3.79. The Labute approximate surface area is 157 Å². The fraction of sp³-hybridized carbons (Fsp3) is 0.450. The highest BCUT2D eigenvalue weighted by molar-refractivity contribution is 5.79. The monoisotopic (exact) mass is 371 g/mol. The molecule has 2 aromatic heterocycles. The van der Waals surface area contributed by atoms with Crippen molar-refractivity contribution in [1.82, 2.24) is 14.9 Å². The van der Waals surface area contributed by atoms with Crippen molar-refractivity contribution in [1.29, 1.82) is 0 Å². The SMILES string of the molecule is O=C(Cc1ccc(F)cn1)N1C[C@H](OCc2ccccn2)[C@H]2OCCC[C@H]21. The Morgan fingerprint density at radius 2 is 2.19 bits per heavy atom. The van der Waals surface area contributed by atoms with E-state index < -0.39 is 5.82 Å². The van der Waals surface area contributed by atoms with Crippen molar-refractivity contribution in [2.24, 2.45) is 0 Å². The van der Waals surface area contributed by atoms with Crippen LogP contribution >= 0.6 is 0 Å². The second kappa shape index (κ2) is 8.10. The van der Waals surface area contributed by atoms with Gasteiger partial charge in [0, 0.05) is 25.0 Å². The lowest BCUT2D eigenvalue weighted by molar-refractivity contribution is -0.134. The molecule has 0 radical (unpaired) electrons. The molecule has 4 heterocycles. The Morgan fingerprint density at radius 3 is 2.96 bits per heavy atom. The van der Waals surface area contributed by atoms with Crippen molar-refractivity contribution in [3.63, 3.8) is 0 Å². The average molecular weight is 371 g/mol. The predicted octanol–water partition coefficient (Wildman–Crippen LogP) is 2.13. The molecule has 6 nitrogen and oxygen atoms in total. The van der Waals surface area contributed by atoms with E-state index in [-0.39, 0.29) is 30.6 Å². The van der Waals surface area contributed by atoms with Gasteiger partial charge in [-0.3, -0.25) is 14.8 Å². The van der Waals surface area contributed by atoms with Crippen LogP contribution in [0.25, 0.3) is 0 Å². The van der Waals surface area contributed by atoms with E-state index in [2.05, 4.69) is 9.97 Å². The standard InChI is InChI=1S/C20H22FN3O3/c21-14-6-7-15(23-11-14)10-19(25)24-12-18(20-17(24)5-3-9-26-20)27-13-16-4-1-2-8-22-16/h1-2,4,6-8,11,17-18,20H,3,5,9-10,12-13H2/t17-,18+,20+/m1/s1. The summed E-state index contributed by atoms with van der Waals surface area (Å²) in [4.78, 5) is 23.0. The molecule has 0 aromatic carbocycles. The van der Waals surface area contributed by atoms with Crippen LogP contribution in [0.2, 0.25) is 0 Å². The summed E-state index contributed by atoms with van der Waals surface area (Å²) in [6, 6.07) is 8.59. The van der Waals surface area contributed by atoms with Gasteiger partial charge in [-0.25, -0.2) is 4.39 Å². The second-order valence-corrected chi connectivity index (χ2v) is 6.91. The summed E-state index contributed by atoms with van der Waals surface area (Å²) in [5.41, 5.74) is 1.41. The minimum atomic E-state index is -0.406. The number of halogens is 1. The number of likely N-dealkylation sites (tertiary alicyclic amines) is 1. The Hall–Kier alpha value is -2.38. The van der Waals surface area contributed by atoms with Gasteiger partial charge >= 0.3 is 0 Å². The van der Waals surface area contributed by atoms with Crippen LogP contribution in [0, 0.1) is 5.82 Å². The average Bonchev–Trinajstić information content (AvgIpc) is 3.08. The third-order valence-electron chi connectivity index (χ3n) is 5.09. The highest BCUT2D eigenvalue weighted by Gasteiger charge is 2.46. The molecule has 3 atom stereocenters. The summed E-state index contributed by atoms with van der Waals surface area (Å²) in [5, 5.41) is 0. The summed E-state index contributed by atoms with van der Waals surface area (Å²) in [7, 11) is 0. The van der Waals surface area contributed by atoms with E-state index in [1.54, 1.807) is 12.3 Å². The van der Waals surface area contributed by atoms with Gasteiger partial charge in [-0.1, -0.05) is 6.07 Å². The van der Waals surface area contributed by atoms with Crippen molar-refractivity contribution in [3.05, 3.63) is 59.9 Å². The number of rotatable bonds is 5. The van der Waals surface area contributed by atoms with E-state index >= 15 is 0 Å². The van der Waals surface area contributed by atoms with Crippen LogP contribution in [-0.2, 0) is 27.3 Å². The summed E-state index contributed by atoms with van der Waals surface area (Å²) in [6.07, 6.45) is 4.55. The van der Waals surface area contributed by atoms with Gasteiger partial charge in [-0.2, -0.15) is 0 Å². The molecule has 0 spiro atoms. The molecule has 0 aliphatic carbocycles. The third-order valence-corrected chi connectivity index (χ3v) is 5.09. The minimum absolute atomic E-state index is 0.0143. The van der Waals surface area contributed by atoms with Gasteiger partial charge in [0.1, 0.15) is 18.0 Å². The highest BCUT2D eigenvalue weighted by Crippen LogP contribution is 2.31. The van der Waals surface area contributed by atoms with Gasteiger partial charge in [-0.05, 0) is 37.1 Å². The zero-order valence-corrected chi connectivity index (χ0v) is 15.0. The summed E-state index contributed by atoms with van der Waals surface area (Å²) in [5.74, 6) is -0.436. The molecule has 2 fully saturated rings. The summed E-state index contributed by atoms with van der Waals surface area (Å²) in [6.45, 7) is 1.56. The number of ether oxygens (including phenoxy) is 2. The van der Waals surface area contributed by atoms with Crippen molar-refractivity contribution in [2.45, 2.75) is 44.1 Å². The van der Waals surface area contributed by atoms with Crippen LogP contribution in [-0.4, -0.2) is 52.2 Å². The van der Waals surface area contributed by atoms with E-state index in [9.17, 15) is 9.18 Å². The number of fused-ring (bicyclic) bond motifs is 1. The van der Waals surface area contributed by atoms with E-state index in [0.29, 0.717) is 25.5 Å². The first-order valence-electron chi connectivity index (χ1n) is 9.24. The fourth-order valence-corrected chi connectivity index (χ4v) is 3.79. The van der Waals surface area contributed by atoms with Gasteiger partial charge in [-0.15, -0.1) is 0 Å². The van der Waals surface area contributed by atoms with Crippen LogP contribution in [0.3, 0.4) is 0 Å². The molecule has 2 aliphatic rings. The van der Waals surface area contributed by atoms with Gasteiger partial charge in [0.15, 0.2) is 0 Å². The molecule has 7 heteroatoms. The molecular formula is C20H22FN3O3. The highest BCUT2D eigenvalue weighted by atomic mass is 19.1. The zero-order chi connectivity index (χ0) is 18.6. The molecular weight excluding hydrogens is 349 g/mol. The molecule has 2 aliphatic heterocycles. The Morgan fingerprint density at radius 1 is 1.26 bits per heavy atom. The lowest BCUT2D eigenvalue weighted by Gasteiger charge is -2.32. The van der Waals surface area contributed by atoms with Crippen molar-refractivity contribution < 1.29 is 18.7 Å². The molecule has 0 unspecified atom stereocenters. The lowest BCUT2D eigenvalue weighted by Crippen LogP contribution is -2.44. The van der Waals surface area contributed by atoms with Crippen LogP contribution in [0.1, 0.15) is 24.2 Å². The number of nitrogens with zero attached hydrogens (tertiary/aromatic N) is 3. The maximum Gasteiger partial charge on any atom is 0.229 e. The van der Waals surface area contributed by atoms with Crippen molar-refractivity contribution in [2.75, 3.05) is 13.2 Å². The summed E-state index contributed by atoms with van der Waals surface area (Å²) < 4.78 is 25.0. The smallest absolute Gasteiger partial charge is 0.229 e. The van der Waals surface area contributed by atoms with Crippen LogP contribution in [0.4, 0.5) is 4.39 Å². The number of carbonyl (C=O) groups excluding carboxylic acids is 1. The maximum absolute atomic E-state index is 13.0. The first kappa shape index (κ1) is 18.0. The maximum atomic E-state index is 13.0. The van der Waals surface area contributed by atoms with Crippen molar-refractivity contribution in [3.8, 4) is 0 Å². The number of carbonyl (C=O) groups is 1.